The van der Waals surface area contributed by atoms with E-state index in [1.165, 1.54) is 6.42 Å². The number of amides is 1. The summed E-state index contributed by atoms with van der Waals surface area (Å²) in [7, 11) is 0. The van der Waals surface area contributed by atoms with Crippen LogP contribution in [-0.4, -0.2) is 25.0 Å². The van der Waals surface area contributed by atoms with Crippen LogP contribution in [0.5, 0.6) is 0 Å². The molecule has 1 heterocycles. The van der Waals surface area contributed by atoms with Crippen molar-refractivity contribution >= 4 is 5.91 Å². The first-order valence-corrected chi connectivity index (χ1v) is 5.78. The van der Waals surface area contributed by atoms with Gasteiger partial charge < -0.3 is 10.6 Å². The van der Waals surface area contributed by atoms with Crippen molar-refractivity contribution in [1.82, 2.24) is 10.6 Å². The van der Waals surface area contributed by atoms with Gasteiger partial charge in [-0.3, -0.25) is 4.79 Å². The van der Waals surface area contributed by atoms with E-state index in [4.69, 9.17) is 0 Å². The molecule has 3 unspecified atom stereocenters. The molecule has 0 aromatic heterocycles. The fraction of sp³-hybridized carbons (Fsp3) is 0.909. The van der Waals surface area contributed by atoms with Crippen molar-refractivity contribution < 1.29 is 4.79 Å². The summed E-state index contributed by atoms with van der Waals surface area (Å²) in [6, 6.07) is 0.422. The Morgan fingerprint density at radius 1 is 1.36 bits per heavy atom. The highest BCUT2D eigenvalue weighted by Gasteiger charge is 2.39. The van der Waals surface area contributed by atoms with Gasteiger partial charge >= 0.3 is 0 Å². The monoisotopic (exact) mass is 196 g/mol. The number of hydrogen-bond donors (Lipinski definition) is 2. The summed E-state index contributed by atoms with van der Waals surface area (Å²) in [6.45, 7) is 4.30. The largest absolute Gasteiger partial charge is 0.353 e. The Bertz CT molecular complexity index is 209. The highest BCUT2D eigenvalue weighted by molar-refractivity contribution is 5.81. The summed E-state index contributed by atoms with van der Waals surface area (Å²) < 4.78 is 0. The van der Waals surface area contributed by atoms with Gasteiger partial charge in [0.2, 0.25) is 5.91 Å². The fourth-order valence-corrected chi connectivity index (χ4v) is 2.16. The van der Waals surface area contributed by atoms with E-state index >= 15 is 0 Å². The van der Waals surface area contributed by atoms with E-state index in [1.807, 2.05) is 0 Å². The normalized spacial score (nSPS) is 37.4. The molecule has 3 nitrogen and oxygen atoms in total. The molecule has 2 rings (SSSR count). The molecular weight excluding hydrogens is 176 g/mol. The standard InChI is InChI=1S/C11H20N2O/c1-8-7-10(8)11(14)13-9-3-2-5-12-6-4-9/h8-10,12H,2-7H2,1H3,(H,13,14). The summed E-state index contributed by atoms with van der Waals surface area (Å²) in [6.07, 6.45) is 4.51. The lowest BCUT2D eigenvalue weighted by Crippen LogP contribution is -2.36. The van der Waals surface area contributed by atoms with Crippen LogP contribution in [0.25, 0.3) is 0 Å². The SMILES string of the molecule is CC1CC1C(=O)NC1CCCNCC1. The van der Waals surface area contributed by atoms with Crippen molar-refractivity contribution in [3.05, 3.63) is 0 Å². The Hall–Kier alpha value is -0.570. The molecule has 0 spiro atoms. The first-order chi connectivity index (χ1) is 6.77. The molecule has 1 saturated carbocycles. The number of carbonyl (C=O) groups is 1. The Morgan fingerprint density at radius 3 is 2.86 bits per heavy atom. The number of carbonyl (C=O) groups excluding carboxylic acids is 1. The maximum Gasteiger partial charge on any atom is 0.223 e. The van der Waals surface area contributed by atoms with E-state index in [9.17, 15) is 4.79 Å². The summed E-state index contributed by atoms with van der Waals surface area (Å²) in [5, 5.41) is 6.53. The highest BCUT2D eigenvalue weighted by atomic mass is 16.2. The van der Waals surface area contributed by atoms with Crippen molar-refractivity contribution in [2.24, 2.45) is 11.8 Å². The Kier molecular flexibility index (Phi) is 3.06. The van der Waals surface area contributed by atoms with Crippen LogP contribution in [0.3, 0.4) is 0 Å². The predicted molar refractivity (Wildman–Crippen MR) is 55.9 cm³/mol. The van der Waals surface area contributed by atoms with Crippen LogP contribution in [0, 0.1) is 11.8 Å². The molecule has 1 amide bonds. The second-order valence-corrected chi connectivity index (χ2v) is 4.71. The highest BCUT2D eigenvalue weighted by Crippen LogP contribution is 2.37. The zero-order chi connectivity index (χ0) is 9.97. The van der Waals surface area contributed by atoms with E-state index in [-0.39, 0.29) is 0 Å². The molecule has 3 heteroatoms. The fourth-order valence-electron chi connectivity index (χ4n) is 2.16. The Morgan fingerprint density at radius 2 is 2.14 bits per heavy atom. The molecule has 1 aliphatic heterocycles. The number of rotatable bonds is 2. The molecule has 2 fully saturated rings. The molecule has 80 valence electrons. The average Bonchev–Trinajstić information content (AvgIpc) is 2.90. The maximum absolute atomic E-state index is 11.7. The van der Waals surface area contributed by atoms with Gasteiger partial charge in [0.1, 0.15) is 0 Å². The van der Waals surface area contributed by atoms with Gasteiger partial charge in [-0.15, -0.1) is 0 Å². The third-order valence-corrected chi connectivity index (χ3v) is 3.37. The smallest absolute Gasteiger partial charge is 0.223 e. The lowest BCUT2D eigenvalue weighted by Gasteiger charge is -2.15. The minimum atomic E-state index is 0.296. The molecule has 0 radical (unpaired) electrons. The van der Waals surface area contributed by atoms with Crippen LogP contribution >= 0.6 is 0 Å². The summed E-state index contributed by atoms with van der Waals surface area (Å²) in [5.41, 5.74) is 0. The van der Waals surface area contributed by atoms with Crippen molar-refractivity contribution in [3.8, 4) is 0 Å². The molecule has 0 bridgehead atoms. The van der Waals surface area contributed by atoms with Gasteiger partial charge in [-0.05, 0) is 44.7 Å². The van der Waals surface area contributed by atoms with E-state index in [2.05, 4.69) is 17.6 Å². The third kappa shape index (κ3) is 2.47. The first kappa shape index (κ1) is 9.97. The van der Waals surface area contributed by atoms with E-state index in [1.54, 1.807) is 0 Å². The first-order valence-electron chi connectivity index (χ1n) is 5.78. The van der Waals surface area contributed by atoms with Gasteiger partial charge in [0.25, 0.3) is 0 Å². The van der Waals surface area contributed by atoms with Crippen molar-refractivity contribution in [1.29, 1.82) is 0 Å². The topological polar surface area (TPSA) is 41.1 Å². The van der Waals surface area contributed by atoms with Gasteiger partial charge in [-0.1, -0.05) is 6.92 Å². The average molecular weight is 196 g/mol. The van der Waals surface area contributed by atoms with Crippen LogP contribution < -0.4 is 10.6 Å². The van der Waals surface area contributed by atoms with Crippen molar-refractivity contribution in [2.45, 2.75) is 38.6 Å². The second kappa shape index (κ2) is 4.30. The molecule has 0 aromatic rings. The molecule has 0 aromatic carbocycles. The van der Waals surface area contributed by atoms with Gasteiger partial charge in [0.05, 0.1) is 0 Å². The number of hydrogen-bond acceptors (Lipinski definition) is 2. The maximum atomic E-state index is 11.7. The van der Waals surface area contributed by atoms with E-state index in [0.717, 1.165) is 32.4 Å². The predicted octanol–water partition coefficient (Wildman–Crippen LogP) is 0.901. The van der Waals surface area contributed by atoms with Crippen LogP contribution in [0.1, 0.15) is 32.6 Å². The summed E-state index contributed by atoms with van der Waals surface area (Å²) >= 11 is 0. The minimum absolute atomic E-state index is 0.296. The second-order valence-electron chi connectivity index (χ2n) is 4.71. The molecule has 1 aliphatic carbocycles. The van der Waals surface area contributed by atoms with Crippen molar-refractivity contribution in [3.63, 3.8) is 0 Å². The van der Waals surface area contributed by atoms with Crippen LogP contribution in [0.15, 0.2) is 0 Å². The minimum Gasteiger partial charge on any atom is -0.353 e. The van der Waals surface area contributed by atoms with Crippen LogP contribution in [0.2, 0.25) is 0 Å². The van der Waals surface area contributed by atoms with Gasteiger partial charge in [-0.25, -0.2) is 0 Å². The van der Waals surface area contributed by atoms with E-state index < -0.39 is 0 Å². The summed E-state index contributed by atoms with van der Waals surface area (Å²) in [5.74, 6) is 1.24. The molecule has 14 heavy (non-hydrogen) atoms. The van der Waals surface area contributed by atoms with E-state index in [0.29, 0.717) is 23.8 Å². The molecule has 3 atom stereocenters. The third-order valence-electron chi connectivity index (χ3n) is 3.37. The molecular formula is C11H20N2O. The molecule has 2 aliphatic rings. The van der Waals surface area contributed by atoms with Gasteiger partial charge in [-0.2, -0.15) is 0 Å². The van der Waals surface area contributed by atoms with Crippen molar-refractivity contribution in [2.75, 3.05) is 13.1 Å². The zero-order valence-corrected chi connectivity index (χ0v) is 8.88. The van der Waals surface area contributed by atoms with Crippen LogP contribution in [0.4, 0.5) is 0 Å². The van der Waals surface area contributed by atoms with Crippen LogP contribution in [-0.2, 0) is 4.79 Å². The lowest BCUT2D eigenvalue weighted by atomic mass is 10.1. The molecule has 2 N–H and O–H groups in total. The van der Waals surface area contributed by atoms with Gasteiger partial charge in [0.15, 0.2) is 0 Å². The van der Waals surface area contributed by atoms with Gasteiger partial charge in [0, 0.05) is 12.0 Å². The Labute approximate surface area is 85.6 Å². The Balaban J connectivity index is 1.75. The number of nitrogens with one attached hydrogen (secondary N) is 2. The lowest BCUT2D eigenvalue weighted by molar-refractivity contribution is -0.123. The zero-order valence-electron chi connectivity index (χ0n) is 8.88. The molecule has 1 saturated heterocycles. The summed E-state index contributed by atoms with van der Waals surface area (Å²) in [4.78, 5) is 11.7. The quantitative estimate of drug-likeness (QED) is 0.689.